The Kier molecular flexibility index (Phi) is 4.38. The summed E-state index contributed by atoms with van der Waals surface area (Å²) in [6, 6.07) is 17.8. The number of hydrogen-bond donors (Lipinski definition) is 1. The highest BCUT2D eigenvalue weighted by atomic mass is 16.1. The molecule has 1 heterocycles. The molecule has 0 saturated heterocycles. The van der Waals surface area contributed by atoms with Gasteiger partial charge in [0.15, 0.2) is 0 Å². The summed E-state index contributed by atoms with van der Waals surface area (Å²) in [4.78, 5) is 16.5. The van der Waals surface area contributed by atoms with E-state index in [1.165, 1.54) is 0 Å². The Morgan fingerprint density at radius 2 is 1.87 bits per heavy atom. The van der Waals surface area contributed by atoms with Crippen LogP contribution in [0.4, 0.5) is 0 Å². The summed E-state index contributed by atoms with van der Waals surface area (Å²) in [5.74, 6) is -0.376. The molecule has 2 aromatic carbocycles. The van der Waals surface area contributed by atoms with E-state index < -0.39 is 0 Å². The van der Waals surface area contributed by atoms with Crippen molar-refractivity contribution in [2.24, 2.45) is 5.73 Å². The van der Waals surface area contributed by atoms with Crippen LogP contribution in [0, 0.1) is 0 Å². The van der Waals surface area contributed by atoms with Crippen LogP contribution in [0.15, 0.2) is 54.6 Å². The lowest BCUT2D eigenvalue weighted by Crippen LogP contribution is -2.14. The predicted molar refractivity (Wildman–Crippen MR) is 94.3 cm³/mol. The summed E-state index contributed by atoms with van der Waals surface area (Å²) in [6.07, 6.45) is 2.92. The minimum absolute atomic E-state index is 0.376. The molecule has 3 aromatic rings. The standard InChI is InChI=1S/C20H20N2O/c1-2-3-8-15-16(9-6-10-17(15)20(21)23)19-13-12-14-7-4-5-11-18(14)22-19/h4-7,9-13H,2-3,8H2,1H3,(H2,21,23). The second kappa shape index (κ2) is 6.61. The summed E-state index contributed by atoms with van der Waals surface area (Å²) in [5, 5.41) is 1.11. The fourth-order valence-corrected chi connectivity index (χ4v) is 2.90. The molecule has 2 N–H and O–H groups in total. The number of carbonyl (C=O) groups excluding carboxylic acids is 1. The molecule has 1 amide bonds. The maximum absolute atomic E-state index is 11.8. The van der Waals surface area contributed by atoms with E-state index in [-0.39, 0.29) is 5.91 Å². The van der Waals surface area contributed by atoms with Crippen molar-refractivity contribution in [1.82, 2.24) is 4.98 Å². The van der Waals surface area contributed by atoms with Crippen molar-refractivity contribution in [2.45, 2.75) is 26.2 Å². The van der Waals surface area contributed by atoms with Crippen LogP contribution in [0.2, 0.25) is 0 Å². The Morgan fingerprint density at radius 1 is 1.04 bits per heavy atom. The molecule has 3 nitrogen and oxygen atoms in total. The smallest absolute Gasteiger partial charge is 0.248 e. The number of rotatable bonds is 5. The van der Waals surface area contributed by atoms with E-state index in [0.717, 1.165) is 47.0 Å². The molecule has 0 fully saturated rings. The van der Waals surface area contributed by atoms with E-state index in [9.17, 15) is 4.79 Å². The molecular formula is C20H20N2O. The Hall–Kier alpha value is -2.68. The molecule has 3 heteroatoms. The summed E-state index contributed by atoms with van der Waals surface area (Å²) >= 11 is 0. The van der Waals surface area contributed by atoms with Gasteiger partial charge in [-0.05, 0) is 36.6 Å². The zero-order valence-electron chi connectivity index (χ0n) is 13.3. The van der Waals surface area contributed by atoms with E-state index in [4.69, 9.17) is 10.7 Å². The Morgan fingerprint density at radius 3 is 2.65 bits per heavy atom. The molecule has 0 aliphatic rings. The molecule has 0 atom stereocenters. The number of para-hydroxylation sites is 1. The zero-order valence-corrected chi connectivity index (χ0v) is 13.3. The molecule has 0 radical (unpaired) electrons. The van der Waals surface area contributed by atoms with Crippen LogP contribution in [0.3, 0.4) is 0 Å². The third-order valence-electron chi connectivity index (χ3n) is 4.10. The fraction of sp³-hybridized carbons (Fsp3) is 0.200. The number of benzene rings is 2. The lowest BCUT2D eigenvalue weighted by Gasteiger charge is -2.13. The summed E-state index contributed by atoms with van der Waals surface area (Å²) < 4.78 is 0. The van der Waals surface area contributed by atoms with Crippen LogP contribution in [0.25, 0.3) is 22.2 Å². The fourth-order valence-electron chi connectivity index (χ4n) is 2.90. The lowest BCUT2D eigenvalue weighted by atomic mass is 9.93. The number of unbranched alkanes of at least 4 members (excludes halogenated alkanes) is 1. The summed E-state index contributed by atoms with van der Waals surface area (Å²) in [5.41, 5.74) is 10.0. The molecule has 0 aliphatic heterocycles. The number of pyridine rings is 1. The van der Waals surface area contributed by atoms with E-state index in [0.29, 0.717) is 5.56 Å². The van der Waals surface area contributed by atoms with Gasteiger partial charge in [0, 0.05) is 16.5 Å². The van der Waals surface area contributed by atoms with Crippen molar-refractivity contribution in [3.63, 3.8) is 0 Å². The van der Waals surface area contributed by atoms with Crippen molar-refractivity contribution >= 4 is 16.8 Å². The first-order valence-electron chi connectivity index (χ1n) is 7.98. The maximum atomic E-state index is 11.8. The molecule has 1 aromatic heterocycles. The number of aromatic nitrogens is 1. The molecule has 0 aliphatic carbocycles. The Balaban J connectivity index is 2.16. The average Bonchev–Trinajstić information content (AvgIpc) is 2.59. The molecule has 0 bridgehead atoms. The average molecular weight is 304 g/mol. The lowest BCUT2D eigenvalue weighted by molar-refractivity contribution is 0.0999. The number of fused-ring (bicyclic) bond motifs is 1. The maximum Gasteiger partial charge on any atom is 0.248 e. The van der Waals surface area contributed by atoms with Gasteiger partial charge in [0.1, 0.15) is 0 Å². The third kappa shape index (κ3) is 3.09. The molecular weight excluding hydrogens is 284 g/mol. The van der Waals surface area contributed by atoms with Crippen LogP contribution in [0.5, 0.6) is 0 Å². The van der Waals surface area contributed by atoms with Gasteiger partial charge >= 0.3 is 0 Å². The quantitative estimate of drug-likeness (QED) is 0.762. The zero-order chi connectivity index (χ0) is 16.2. The third-order valence-corrected chi connectivity index (χ3v) is 4.10. The molecule has 23 heavy (non-hydrogen) atoms. The highest BCUT2D eigenvalue weighted by Gasteiger charge is 2.14. The molecule has 0 saturated carbocycles. The van der Waals surface area contributed by atoms with Gasteiger partial charge in [-0.15, -0.1) is 0 Å². The van der Waals surface area contributed by atoms with Crippen molar-refractivity contribution in [3.8, 4) is 11.3 Å². The first-order chi connectivity index (χ1) is 11.2. The van der Waals surface area contributed by atoms with Crippen LogP contribution < -0.4 is 5.73 Å². The Labute approximate surface area is 136 Å². The van der Waals surface area contributed by atoms with Gasteiger partial charge in [0.2, 0.25) is 5.91 Å². The molecule has 0 spiro atoms. The second-order valence-corrected chi connectivity index (χ2v) is 5.69. The number of amides is 1. The number of hydrogen-bond acceptors (Lipinski definition) is 2. The highest BCUT2D eigenvalue weighted by Crippen LogP contribution is 2.28. The van der Waals surface area contributed by atoms with Gasteiger partial charge in [-0.1, -0.05) is 49.7 Å². The van der Waals surface area contributed by atoms with Crippen molar-refractivity contribution in [3.05, 3.63) is 65.7 Å². The van der Waals surface area contributed by atoms with Gasteiger partial charge in [0.25, 0.3) is 0 Å². The minimum Gasteiger partial charge on any atom is -0.366 e. The van der Waals surface area contributed by atoms with E-state index in [2.05, 4.69) is 13.0 Å². The van der Waals surface area contributed by atoms with Crippen LogP contribution in [-0.4, -0.2) is 10.9 Å². The van der Waals surface area contributed by atoms with Gasteiger partial charge in [-0.2, -0.15) is 0 Å². The van der Waals surface area contributed by atoms with Crippen LogP contribution >= 0.6 is 0 Å². The largest absolute Gasteiger partial charge is 0.366 e. The van der Waals surface area contributed by atoms with Gasteiger partial charge in [-0.25, -0.2) is 4.98 Å². The second-order valence-electron chi connectivity index (χ2n) is 5.69. The first kappa shape index (κ1) is 15.2. The number of carbonyl (C=O) groups is 1. The van der Waals surface area contributed by atoms with Crippen LogP contribution in [-0.2, 0) is 6.42 Å². The SMILES string of the molecule is CCCCc1c(C(N)=O)cccc1-c1ccc2ccccc2n1. The van der Waals surface area contributed by atoms with Crippen LogP contribution in [0.1, 0.15) is 35.7 Å². The number of nitrogens with two attached hydrogens (primary N) is 1. The summed E-state index contributed by atoms with van der Waals surface area (Å²) in [7, 11) is 0. The predicted octanol–water partition coefficient (Wildman–Crippen LogP) is 4.34. The molecule has 3 rings (SSSR count). The van der Waals surface area contributed by atoms with Crippen molar-refractivity contribution < 1.29 is 4.79 Å². The van der Waals surface area contributed by atoms with Crippen molar-refractivity contribution in [1.29, 1.82) is 0 Å². The minimum atomic E-state index is -0.376. The van der Waals surface area contributed by atoms with Crippen molar-refractivity contribution in [2.75, 3.05) is 0 Å². The topological polar surface area (TPSA) is 56.0 Å². The van der Waals surface area contributed by atoms with E-state index in [1.807, 2.05) is 42.5 Å². The Bertz CT molecular complexity index is 855. The van der Waals surface area contributed by atoms with E-state index in [1.54, 1.807) is 6.07 Å². The molecule has 116 valence electrons. The van der Waals surface area contributed by atoms with E-state index >= 15 is 0 Å². The summed E-state index contributed by atoms with van der Waals surface area (Å²) in [6.45, 7) is 2.14. The first-order valence-corrected chi connectivity index (χ1v) is 7.98. The number of nitrogens with zero attached hydrogens (tertiary/aromatic N) is 1. The van der Waals surface area contributed by atoms with Gasteiger partial charge in [0.05, 0.1) is 11.2 Å². The molecule has 0 unspecified atom stereocenters. The number of primary amides is 1. The van der Waals surface area contributed by atoms with Gasteiger partial charge in [-0.3, -0.25) is 4.79 Å². The monoisotopic (exact) mass is 304 g/mol. The highest BCUT2D eigenvalue weighted by molar-refractivity contribution is 5.96. The van der Waals surface area contributed by atoms with Gasteiger partial charge < -0.3 is 5.73 Å². The normalized spacial score (nSPS) is 10.8.